The van der Waals surface area contributed by atoms with Crippen LogP contribution in [0.15, 0.2) is 97.2 Å². The quantitative estimate of drug-likeness (QED) is 0.150. The molecule has 0 unspecified atom stereocenters. The SMILES string of the molecule is COc1cccc(CN(Cc2cccc(OC)c2)c2ccnc(COCCOCCOCc3ccccc3)c2)c1. The van der Waals surface area contributed by atoms with Gasteiger partial charge in [0.05, 0.1) is 59.6 Å². The van der Waals surface area contributed by atoms with Gasteiger partial charge < -0.3 is 28.6 Å². The van der Waals surface area contributed by atoms with E-state index in [4.69, 9.17) is 23.7 Å². The lowest BCUT2D eigenvalue weighted by molar-refractivity contribution is 0.00653. The van der Waals surface area contributed by atoms with Gasteiger partial charge in [-0.15, -0.1) is 0 Å². The molecule has 1 heterocycles. The van der Waals surface area contributed by atoms with Crippen LogP contribution in [0.4, 0.5) is 5.69 Å². The van der Waals surface area contributed by atoms with Gasteiger partial charge in [0, 0.05) is 25.0 Å². The standard InChI is InChI=1S/C33H38N2O5/c1-36-32-12-6-10-28(20-32)23-35(24-29-11-7-13-33(21-29)37-2)31-14-15-34-30(22-31)26-40-19-17-38-16-18-39-25-27-8-4-3-5-9-27/h3-15,20-22H,16-19,23-26H2,1-2H3. The maximum absolute atomic E-state index is 5.85. The Morgan fingerprint density at radius 2 is 1.15 bits per heavy atom. The van der Waals surface area contributed by atoms with Crippen LogP contribution in [0.2, 0.25) is 0 Å². The van der Waals surface area contributed by atoms with E-state index in [-0.39, 0.29) is 0 Å². The molecule has 4 aromatic rings. The first-order valence-electron chi connectivity index (χ1n) is 13.5. The molecule has 0 saturated heterocycles. The summed E-state index contributed by atoms with van der Waals surface area (Å²) in [6.45, 7) is 4.50. The first kappa shape index (κ1) is 29.1. The smallest absolute Gasteiger partial charge is 0.119 e. The minimum atomic E-state index is 0.411. The summed E-state index contributed by atoms with van der Waals surface area (Å²) < 4.78 is 28.0. The highest BCUT2D eigenvalue weighted by molar-refractivity contribution is 5.48. The van der Waals surface area contributed by atoms with Gasteiger partial charge in [-0.25, -0.2) is 0 Å². The Morgan fingerprint density at radius 3 is 1.77 bits per heavy atom. The van der Waals surface area contributed by atoms with Gasteiger partial charge in [0.25, 0.3) is 0 Å². The van der Waals surface area contributed by atoms with Crippen LogP contribution in [0, 0.1) is 0 Å². The van der Waals surface area contributed by atoms with Crippen LogP contribution in [-0.2, 0) is 40.5 Å². The minimum Gasteiger partial charge on any atom is -0.497 e. The van der Waals surface area contributed by atoms with Crippen molar-refractivity contribution in [1.82, 2.24) is 4.98 Å². The average molecular weight is 543 g/mol. The second-order valence-electron chi connectivity index (χ2n) is 9.27. The van der Waals surface area contributed by atoms with E-state index in [2.05, 4.69) is 52.3 Å². The highest BCUT2D eigenvalue weighted by Crippen LogP contribution is 2.24. The molecular formula is C33H38N2O5. The molecule has 0 spiro atoms. The van der Waals surface area contributed by atoms with Crippen LogP contribution in [0.3, 0.4) is 0 Å². The molecule has 210 valence electrons. The molecule has 0 N–H and O–H groups in total. The van der Waals surface area contributed by atoms with Gasteiger partial charge in [-0.3, -0.25) is 4.98 Å². The predicted octanol–water partition coefficient (Wildman–Crippen LogP) is 6.06. The topological polar surface area (TPSA) is 62.3 Å². The highest BCUT2D eigenvalue weighted by Gasteiger charge is 2.12. The molecule has 0 bridgehead atoms. The van der Waals surface area contributed by atoms with Crippen molar-refractivity contribution in [2.24, 2.45) is 0 Å². The lowest BCUT2D eigenvalue weighted by atomic mass is 10.1. The highest BCUT2D eigenvalue weighted by atomic mass is 16.5. The van der Waals surface area contributed by atoms with Gasteiger partial charge in [0.15, 0.2) is 0 Å². The summed E-state index contributed by atoms with van der Waals surface area (Å²) >= 11 is 0. The van der Waals surface area contributed by atoms with Crippen molar-refractivity contribution in [3.8, 4) is 11.5 Å². The Kier molecular flexibility index (Phi) is 11.8. The largest absolute Gasteiger partial charge is 0.497 e. The minimum absolute atomic E-state index is 0.411. The zero-order valence-corrected chi connectivity index (χ0v) is 23.3. The Morgan fingerprint density at radius 1 is 0.575 bits per heavy atom. The van der Waals surface area contributed by atoms with E-state index in [0.29, 0.717) is 52.7 Å². The maximum Gasteiger partial charge on any atom is 0.119 e. The zero-order valence-electron chi connectivity index (χ0n) is 23.3. The van der Waals surface area contributed by atoms with Crippen molar-refractivity contribution in [3.05, 3.63) is 120 Å². The number of benzene rings is 3. The summed E-state index contributed by atoms with van der Waals surface area (Å²) in [4.78, 5) is 6.84. The molecule has 1 aromatic heterocycles. The Hall–Kier alpha value is -3.91. The van der Waals surface area contributed by atoms with Crippen molar-refractivity contribution in [1.29, 1.82) is 0 Å². The number of hydrogen-bond donors (Lipinski definition) is 0. The second-order valence-corrected chi connectivity index (χ2v) is 9.27. The molecular weight excluding hydrogens is 504 g/mol. The number of anilines is 1. The third-order valence-electron chi connectivity index (χ3n) is 6.29. The number of methoxy groups -OCH3 is 2. The molecule has 3 aromatic carbocycles. The van der Waals surface area contributed by atoms with Gasteiger partial charge in [0.2, 0.25) is 0 Å². The van der Waals surface area contributed by atoms with Gasteiger partial charge in [-0.2, -0.15) is 0 Å². The van der Waals surface area contributed by atoms with Crippen molar-refractivity contribution >= 4 is 5.69 Å². The van der Waals surface area contributed by atoms with E-state index < -0.39 is 0 Å². The molecule has 0 amide bonds. The van der Waals surface area contributed by atoms with E-state index in [1.807, 2.05) is 54.7 Å². The second kappa shape index (κ2) is 16.3. The lowest BCUT2D eigenvalue weighted by Gasteiger charge is -2.26. The van der Waals surface area contributed by atoms with E-state index >= 15 is 0 Å². The van der Waals surface area contributed by atoms with Crippen LogP contribution in [0.25, 0.3) is 0 Å². The molecule has 0 fully saturated rings. The van der Waals surface area contributed by atoms with Gasteiger partial charge in [-0.05, 0) is 53.1 Å². The Bertz CT molecular complexity index is 1240. The fourth-order valence-electron chi connectivity index (χ4n) is 4.24. The monoisotopic (exact) mass is 542 g/mol. The van der Waals surface area contributed by atoms with E-state index in [9.17, 15) is 0 Å². The first-order chi connectivity index (χ1) is 19.7. The van der Waals surface area contributed by atoms with Crippen molar-refractivity contribution in [2.45, 2.75) is 26.3 Å². The lowest BCUT2D eigenvalue weighted by Crippen LogP contribution is -2.22. The number of rotatable bonds is 17. The fourth-order valence-corrected chi connectivity index (χ4v) is 4.24. The summed E-state index contributed by atoms with van der Waals surface area (Å²) in [7, 11) is 3.38. The number of pyridine rings is 1. The fraction of sp³-hybridized carbons (Fsp3) is 0.303. The average Bonchev–Trinajstić information content (AvgIpc) is 3.01. The molecule has 0 aliphatic heterocycles. The molecule has 0 radical (unpaired) electrons. The predicted molar refractivity (Wildman–Crippen MR) is 157 cm³/mol. The number of aromatic nitrogens is 1. The third kappa shape index (κ3) is 9.68. The number of hydrogen-bond acceptors (Lipinski definition) is 7. The summed E-state index contributed by atoms with van der Waals surface area (Å²) in [5.41, 5.74) is 5.39. The maximum atomic E-state index is 5.85. The molecule has 7 nitrogen and oxygen atoms in total. The number of ether oxygens (including phenoxy) is 5. The summed E-state index contributed by atoms with van der Waals surface area (Å²) in [6.07, 6.45) is 1.83. The van der Waals surface area contributed by atoms with Gasteiger partial charge >= 0.3 is 0 Å². The van der Waals surface area contributed by atoms with Crippen molar-refractivity contribution < 1.29 is 23.7 Å². The summed E-state index contributed by atoms with van der Waals surface area (Å²) in [6, 6.07) is 30.5. The van der Waals surface area contributed by atoms with Crippen LogP contribution in [0.5, 0.6) is 11.5 Å². The molecule has 0 saturated carbocycles. The van der Waals surface area contributed by atoms with E-state index in [1.165, 1.54) is 0 Å². The molecule has 0 aliphatic carbocycles. The van der Waals surface area contributed by atoms with Crippen LogP contribution >= 0.6 is 0 Å². The molecule has 0 atom stereocenters. The van der Waals surface area contributed by atoms with Gasteiger partial charge in [0.1, 0.15) is 11.5 Å². The van der Waals surface area contributed by atoms with Crippen molar-refractivity contribution in [2.75, 3.05) is 45.5 Å². The molecule has 7 heteroatoms. The normalized spacial score (nSPS) is 10.8. The Balaban J connectivity index is 1.29. The number of nitrogens with zero attached hydrogens (tertiary/aromatic N) is 2. The summed E-state index contributed by atoms with van der Waals surface area (Å²) in [5.74, 6) is 1.68. The van der Waals surface area contributed by atoms with E-state index in [1.54, 1.807) is 14.2 Å². The van der Waals surface area contributed by atoms with Crippen LogP contribution in [0.1, 0.15) is 22.4 Å². The van der Waals surface area contributed by atoms with E-state index in [0.717, 1.165) is 39.6 Å². The first-order valence-corrected chi connectivity index (χ1v) is 13.5. The third-order valence-corrected chi connectivity index (χ3v) is 6.29. The molecule has 4 rings (SSSR count). The Labute approximate surface area is 237 Å². The van der Waals surface area contributed by atoms with Crippen LogP contribution < -0.4 is 14.4 Å². The van der Waals surface area contributed by atoms with Gasteiger partial charge in [-0.1, -0.05) is 54.6 Å². The molecule has 0 aliphatic rings. The van der Waals surface area contributed by atoms with Crippen molar-refractivity contribution in [3.63, 3.8) is 0 Å². The molecule has 40 heavy (non-hydrogen) atoms. The van der Waals surface area contributed by atoms with Crippen LogP contribution in [-0.4, -0.2) is 45.6 Å². The zero-order chi connectivity index (χ0) is 27.8. The summed E-state index contributed by atoms with van der Waals surface area (Å²) in [5, 5.41) is 0.